The maximum Gasteiger partial charge on any atom is 0.326 e. The number of nitrogens with zero attached hydrogens (tertiary/aromatic N) is 4. The van der Waals surface area contributed by atoms with Crippen molar-refractivity contribution in [2.45, 2.75) is 6.54 Å². The lowest BCUT2D eigenvalue weighted by molar-refractivity contribution is 0.591. The van der Waals surface area contributed by atoms with E-state index >= 15 is 0 Å². The van der Waals surface area contributed by atoms with Crippen LogP contribution in [0, 0.1) is 5.82 Å². The molecule has 1 aliphatic rings. The van der Waals surface area contributed by atoms with Crippen LogP contribution in [-0.4, -0.2) is 24.9 Å². The van der Waals surface area contributed by atoms with Gasteiger partial charge in [0.05, 0.1) is 23.6 Å². The van der Waals surface area contributed by atoms with E-state index in [-0.39, 0.29) is 6.54 Å². The Balaban J connectivity index is 1.80. The molecule has 4 rings (SSSR count). The highest BCUT2D eigenvalue weighted by Gasteiger charge is 2.38. The van der Waals surface area contributed by atoms with Crippen molar-refractivity contribution < 1.29 is 12.8 Å². The summed E-state index contributed by atoms with van der Waals surface area (Å²) in [7, 11) is -2.27. The van der Waals surface area contributed by atoms with E-state index in [0.29, 0.717) is 17.1 Å². The molecule has 0 spiro atoms. The van der Waals surface area contributed by atoms with Crippen LogP contribution < -0.4 is 8.61 Å². The monoisotopic (exact) mass is 332 g/mol. The first-order valence-corrected chi connectivity index (χ1v) is 8.35. The third kappa shape index (κ3) is 2.06. The summed E-state index contributed by atoms with van der Waals surface area (Å²) in [5.41, 5.74) is 2.09. The first kappa shape index (κ1) is 14.0. The Morgan fingerprint density at radius 3 is 2.78 bits per heavy atom. The summed E-state index contributed by atoms with van der Waals surface area (Å²) in [4.78, 5) is 4.41. The molecular weight excluding hydrogens is 319 g/mol. The molecule has 0 fully saturated rings. The lowest BCUT2D eigenvalue weighted by Crippen LogP contribution is -2.35. The van der Waals surface area contributed by atoms with Crippen LogP contribution in [0.5, 0.6) is 0 Å². The molecule has 0 aliphatic carbocycles. The molecular formula is C15H13FN4O2S. The predicted molar refractivity (Wildman–Crippen MR) is 85.1 cm³/mol. The summed E-state index contributed by atoms with van der Waals surface area (Å²) in [6, 6.07) is 9.50. The zero-order valence-electron chi connectivity index (χ0n) is 12.2. The van der Waals surface area contributed by atoms with E-state index in [4.69, 9.17) is 0 Å². The fourth-order valence-corrected chi connectivity index (χ4v) is 4.13. The van der Waals surface area contributed by atoms with Crippen LogP contribution >= 0.6 is 0 Å². The van der Waals surface area contributed by atoms with Gasteiger partial charge >= 0.3 is 10.2 Å². The van der Waals surface area contributed by atoms with Crippen molar-refractivity contribution in [1.82, 2.24) is 9.38 Å². The molecule has 6 nitrogen and oxygen atoms in total. The van der Waals surface area contributed by atoms with Crippen molar-refractivity contribution in [3.63, 3.8) is 0 Å². The second kappa shape index (κ2) is 4.69. The van der Waals surface area contributed by atoms with Crippen molar-refractivity contribution in [1.29, 1.82) is 0 Å². The van der Waals surface area contributed by atoms with E-state index in [1.54, 1.807) is 6.20 Å². The fourth-order valence-electron chi connectivity index (χ4n) is 2.74. The number of hydrogen-bond acceptors (Lipinski definition) is 3. The fraction of sp³-hybridized carbons (Fsp3) is 0.133. The average molecular weight is 332 g/mol. The Bertz CT molecular complexity index is 982. The SMILES string of the molecule is CN1c2ccc(F)cc2N(Cc2cn3ccccc3n2)S1(=O)=O. The second-order valence-electron chi connectivity index (χ2n) is 5.31. The van der Waals surface area contributed by atoms with E-state index < -0.39 is 16.0 Å². The molecule has 23 heavy (non-hydrogen) atoms. The molecule has 0 unspecified atom stereocenters. The molecule has 3 heterocycles. The lowest BCUT2D eigenvalue weighted by atomic mass is 10.2. The first-order valence-electron chi connectivity index (χ1n) is 6.95. The van der Waals surface area contributed by atoms with E-state index in [0.717, 1.165) is 9.95 Å². The summed E-state index contributed by atoms with van der Waals surface area (Å²) in [6.07, 6.45) is 3.60. The normalized spacial score (nSPS) is 16.1. The second-order valence-corrected chi connectivity index (χ2v) is 7.20. The molecule has 2 aromatic heterocycles. The van der Waals surface area contributed by atoms with Gasteiger partial charge in [0.25, 0.3) is 0 Å². The lowest BCUT2D eigenvalue weighted by Gasteiger charge is -2.17. The van der Waals surface area contributed by atoms with Gasteiger partial charge in [0.2, 0.25) is 0 Å². The average Bonchev–Trinajstić information content (AvgIpc) is 3.00. The molecule has 1 aliphatic heterocycles. The highest BCUT2D eigenvalue weighted by Crippen LogP contribution is 2.40. The van der Waals surface area contributed by atoms with E-state index in [1.165, 1.54) is 29.6 Å². The minimum Gasteiger partial charge on any atom is -0.307 e. The summed E-state index contributed by atoms with van der Waals surface area (Å²) in [6.45, 7) is 0.0464. The van der Waals surface area contributed by atoms with Crippen LogP contribution in [0.1, 0.15) is 5.69 Å². The largest absolute Gasteiger partial charge is 0.326 e. The molecule has 0 amide bonds. The predicted octanol–water partition coefficient (Wildman–Crippen LogP) is 2.17. The number of fused-ring (bicyclic) bond motifs is 2. The summed E-state index contributed by atoms with van der Waals surface area (Å²) < 4.78 is 42.8. The molecule has 0 bridgehead atoms. The van der Waals surface area contributed by atoms with E-state index in [1.807, 2.05) is 28.8 Å². The number of pyridine rings is 1. The van der Waals surface area contributed by atoms with Crippen LogP contribution in [0.2, 0.25) is 0 Å². The maximum absolute atomic E-state index is 13.6. The van der Waals surface area contributed by atoms with Gasteiger partial charge in [-0.05, 0) is 24.3 Å². The Morgan fingerprint density at radius 2 is 2.00 bits per heavy atom. The molecule has 0 saturated heterocycles. The molecule has 1 aromatic carbocycles. The van der Waals surface area contributed by atoms with Gasteiger partial charge < -0.3 is 4.40 Å². The number of aromatic nitrogens is 2. The highest BCUT2D eigenvalue weighted by atomic mass is 32.2. The van der Waals surface area contributed by atoms with Crippen molar-refractivity contribution in [2.24, 2.45) is 0 Å². The molecule has 0 saturated carbocycles. The Labute approximate surface area is 132 Å². The van der Waals surface area contributed by atoms with Gasteiger partial charge in [0.15, 0.2) is 0 Å². The van der Waals surface area contributed by atoms with E-state index in [9.17, 15) is 12.8 Å². The number of halogens is 1. The van der Waals surface area contributed by atoms with E-state index in [2.05, 4.69) is 4.98 Å². The van der Waals surface area contributed by atoms with Crippen LogP contribution in [-0.2, 0) is 16.8 Å². The smallest absolute Gasteiger partial charge is 0.307 e. The summed E-state index contributed by atoms with van der Waals surface area (Å²) in [5.74, 6) is -0.478. The van der Waals surface area contributed by atoms with Gasteiger partial charge in [-0.2, -0.15) is 8.42 Å². The highest BCUT2D eigenvalue weighted by molar-refractivity contribution is 7.94. The van der Waals surface area contributed by atoms with Gasteiger partial charge in [0, 0.05) is 25.5 Å². The number of rotatable bonds is 2. The minimum atomic E-state index is -3.73. The van der Waals surface area contributed by atoms with Crippen molar-refractivity contribution in [2.75, 3.05) is 15.7 Å². The van der Waals surface area contributed by atoms with Gasteiger partial charge in [-0.15, -0.1) is 0 Å². The Hall–Kier alpha value is -2.61. The quantitative estimate of drug-likeness (QED) is 0.723. The van der Waals surface area contributed by atoms with Gasteiger partial charge in [-0.25, -0.2) is 13.7 Å². The number of imidazole rings is 1. The Kier molecular flexibility index (Phi) is 2.86. The van der Waals surface area contributed by atoms with Crippen LogP contribution in [0.3, 0.4) is 0 Å². The standard InChI is InChI=1S/C15H13FN4O2S/c1-18-13-6-5-11(16)8-14(13)20(23(18,21)22)10-12-9-19-7-3-2-4-15(19)17-12/h2-9H,10H2,1H3. The van der Waals surface area contributed by atoms with Crippen molar-refractivity contribution in [3.05, 3.63) is 60.3 Å². The number of anilines is 2. The molecule has 8 heteroatoms. The molecule has 0 N–H and O–H groups in total. The van der Waals surface area contributed by atoms with Gasteiger partial charge in [-0.3, -0.25) is 4.31 Å². The molecule has 118 valence electrons. The minimum absolute atomic E-state index is 0.0464. The zero-order valence-corrected chi connectivity index (χ0v) is 13.0. The van der Waals surface area contributed by atoms with Gasteiger partial charge in [0.1, 0.15) is 11.5 Å². The molecule has 3 aromatic rings. The molecule has 0 atom stereocenters. The van der Waals surface area contributed by atoms with Gasteiger partial charge in [-0.1, -0.05) is 6.07 Å². The third-order valence-corrected chi connectivity index (χ3v) is 5.66. The maximum atomic E-state index is 13.6. The number of hydrogen-bond donors (Lipinski definition) is 0. The summed E-state index contributed by atoms with van der Waals surface area (Å²) >= 11 is 0. The van der Waals surface area contributed by atoms with Crippen molar-refractivity contribution in [3.8, 4) is 0 Å². The Morgan fingerprint density at radius 1 is 1.17 bits per heavy atom. The first-order chi connectivity index (χ1) is 11.0. The number of benzene rings is 1. The van der Waals surface area contributed by atoms with Crippen LogP contribution in [0.15, 0.2) is 48.8 Å². The summed E-state index contributed by atoms with van der Waals surface area (Å²) in [5, 5.41) is 0. The van der Waals surface area contributed by atoms with Crippen LogP contribution in [0.25, 0.3) is 5.65 Å². The molecule has 0 radical (unpaired) electrons. The topological polar surface area (TPSA) is 57.9 Å². The third-order valence-electron chi connectivity index (χ3n) is 3.89. The van der Waals surface area contributed by atoms with Crippen molar-refractivity contribution >= 4 is 27.2 Å². The zero-order chi connectivity index (χ0) is 16.2. The van der Waals surface area contributed by atoms with Crippen LogP contribution in [0.4, 0.5) is 15.8 Å².